The summed E-state index contributed by atoms with van der Waals surface area (Å²) in [6, 6.07) is 13.0. The monoisotopic (exact) mass is 363 g/mol. The van der Waals surface area contributed by atoms with E-state index in [0.717, 1.165) is 12.2 Å². The van der Waals surface area contributed by atoms with Gasteiger partial charge in [0, 0.05) is 28.8 Å². The van der Waals surface area contributed by atoms with E-state index >= 15 is 0 Å². The summed E-state index contributed by atoms with van der Waals surface area (Å²) in [6.07, 6.45) is 4.97. The van der Waals surface area contributed by atoms with Crippen LogP contribution in [0.4, 0.5) is 5.69 Å². The number of aryl methyl sites for hydroxylation is 4. The molecule has 0 fully saturated rings. The second-order valence-corrected chi connectivity index (χ2v) is 7.70. The topological polar surface area (TPSA) is 39.8 Å². The maximum atomic E-state index is 5.48. The van der Waals surface area contributed by atoms with Gasteiger partial charge in [0.25, 0.3) is 0 Å². The largest absolute Gasteiger partial charge is 0.358 e. The minimum atomic E-state index is 0.660. The van der Waals surface area contributed by atoms with Gasteiger partial charge in [0.2, 0.25) is 0 Å². The van der Waals surface area contributed by atoms with Crippen LogP contribution in [0.1, 0.15) is 40.8 Å². The molecular formula is C22H25N3S. The zero-order chi connectivity index (χ0) is 18.1. The van der Waals surface area contributed by atoms with Gasteiger partial charge in [-0.2, -0.15) is 0 Å². The normalized spacial score (nSPS) is 13.5. The number of fused-ring (bicyclic) bond motifs is 3. The van der Waals surface area contributed by atoms with Crippen LogP contribution in [0.5, 0.6) is 0 Å². The minimum Gasteiger partial charge on any atom is -0.358 e. The lowest BCUT2D eigenvalue weighted by Crippen LogP contribution is -2.28. The summed E-state index contributed by atoms with van der Waals surface area (Å²) < 4.78 is 0. The number of thiocarbonyl (C=S) groups is 1. The molecule has 0 saturated heterocycles. The summed E-state index contributed by atoms with van der Waals surface area (Å²) in [5, 5.41) is 8.68. The summed E-state index contributed by atoms with van der Waals surface area (Å²) >= 11 is 5.48. The van der Waals surface area contributed by atoms with E-state index in [2.05, 4.69) is 65.9 Å². The smallest absolute Gasteiger partial charge is 0.171 e. The zero-order valence-electron chi connectivity index (χ0n) is 15.4. The Bertz CT molecular complexity index is 971. The molecule has 1 aliphatic carbocycles. The minimum absolute atomic E-state index is 0.660. The molecule has 4 rings (SSSR count). The molecule has 1 aromatic heterocycles. The van der Waals surface area contributed by atoms with Gasteiger partial charge in [-0.1, -0.05) is 23.8 Å². The molecule has 0 amide bonds. The lowest BCUT2D eigenvalue weighted by molar-refractivity contribution is 0.680. The van der Waals surface area contributed by atoms with E-state index < -0.39 is 0 Å². The third-order valence-corrected chi connectivity index (χ3v) is 5.49. The first-order valence-electron chi connectivity index (χ1n) is 9.34. The predicted molar refractivity (Wildman–Crippen MR) is 114 cm³/mol. The van der Waals surface area contributed by atoms with Crippen molar-refractivity contribution in [3.8, 4) is 0 Å². The molecule has 0 unspecified atom stereocenters. The fourth-order valence-electron chi connectivity index (χ4n) is 3.87. The molecule has 3 nitrogen and oxygen atoms in total. The number of aromatic amines is 1. The molecule has 0 saturated carbocycles. The second kappa shape index (κ2) is 7.12. The van der Waals surface area contributed by atoms with Crippen molar-refractivity contribution in [1.29, 1.82) is 0 Å². The van der Waals surface area contributed by atoms with Crippen LogP contribution in [-0.4, -0.2) is 10.1 Å². The van der Waals surface area contributed by atoms with Gasteiger partial charge in [0.05, 0.1) is 0 Å². The van der Waals surface area contributed by atoms with Crippen molar-refractivity contribution in [2.75, 3.05) is 5.32 Å². The Hall–Kier alpha value is -2.33. The highest BCUT2D eigenvalue weighted by Crippen LogP contribution is 2.29. The molecule has 3 aromatic rings. The predicted octanol–water partition coefficient (Wildman–Crippen LogP) is 5.15. The van der Waals surface area contributed by atoms with Crippen molar-refractivity contribution < 1.29 is 0 Å². The highest BCUT2D eigenvalue weighted by atomic mass is 32.1. The van der Waals surface area contributed by atoms with Crippen LogP contribution in [0.25, 0.3) is 10.9 Å². The molecule has 0 aliphatic heterocycles. The van der Waals surface area contributed by atoms with E-state index in [1.165, 1.54) is 64.5 Å². The lowest BCUT2D eigenvalue weighted by Gasteiger charge is -2.13. The van der Waals surface area contributed by atoms with E-state index in [1.54, 1.807) is 0 Å². The Balaban J connectivity index is 1.44. The van der Waals surface area contributed by atoms with E-state index in [-0.39, 0.29) is 0 Å². The molecule has 134 valence electrons. The molecular weight excluding hydrogens is 338 g/mol. The third-order valence-electron chi connectivity index (χ3n) is 5.25. The first-order chi connectivity index (χ1) is 12.6. The lowest BCUT2D eigenvalue weighted by atomic mass is 9.95. The van der Waals surface area contributed by atoms with Crippen LogP contribution in [0.3, 0.4) is 0 Å². The maximum absolute atomic E-state index is 5.48. The number of benzene rings is 2. The Morgan fingerprint density at radius 1 is 1.08 bits per heavy atom. The van der Waals surface area contributed by atoms with Gasteiger partial charge in [-0.05, 0) is 86.6 Å². The summed E-state index contributed by atoms with van der Waals surface area (Å²) in [6.45, 7) is 4.93. The van der Waals surface area contributed by atoms with Crippen LogP contribution in [0.15, 0.2) is 36.4 Å². The number of rotatable bonds is 3. The van der Waals surface area contributed by atoms with Gasteiger partial charge in [-0.15, -0.1) is 0 Å². The molecule has 0 radical (unpaired) electrons. The van der Waals surface area contributed by atoms with Crippen molar-refractivity contribution in [3.63, 3.8) is 0 Å². The first-order valence-corrected chi connectivity index (χ1v) is 9.75. The number of aromatic nitrogens is 1. The maximum Gasteiger partial charge on any atom is 0.171 e. The van der Waals surface area contributed by atoms with Gasteiger partial charge in [0.15, 0.2) is 5.11 Å². The average Bonchev–Trinajstić information content (AvgIpc) is 3.00. The van der Waals surface area contributed by atoms with Crippen molar-refractivity contribution in [2.24, 2.45) is 0 Å². The third kappa shape index (κ3) is 3.47. The molecule has 1 heterocycles. The Morgan fingerprint density at radius 2 is 1.92 bits per heavy atom. The standard InChI is InChI=1S/C22H25N3S/c1-14-7-9-19(15(2)11-14)25-22(26)23-13-16-8-10-21-18(12-16)17-5-3-4-6-20(17)24-21/h7-12,24H,3-6,13H2,1-2H3,(H2,23,25,26). The molecule has 2 aromatic carbocycles. The van der Waals surface area contributed by atoms with Gasteiger partial charge in [-0.3, -0.25) is 0 Å². The van der Waals surface area contributed by atoms with E-state index in [0.29, 0.717) is 5.11 Å². The summed E-state index contributed by atoms with van der Waals surface area (Å²) in [5.41, 5.74) is 8.99. The van der Waals surface area contributed by atoms with Gasteiger partial charge in [0.1, 0.15) is 0 Å². The second-order valence-electron chi connectivity index (χ2n) is 7.30. The molecule has 0 spiro atoms. The van der Waals surface area contributed by atoms with Gasteiger partial charge >= 0.3 is 0 Å². The number of hydrogen-bond donors (Lipinski definition) is 3. The SMILES string of the molecule is Cc1ccc(NC(=S)NCc2ccc3[nH]c4c(c3c2)CCCC4)c(C)c1. The number of hydrogen-bond acceptors (Lipinski definition) is 1. The number of nitrogens with one attached hydrogen (secondary N) is 3. The fraction of sp³-hybridized carbons (Fsp3) is 0.318. The van der Waals surface area contributed by atoms with Crippen LogP contribution in [-0.2, 0) is 19.4 Å². The summed E-state index contributed by atoms with van der Waals surface area (Å²) in [4.78, 5) is 3.59. The van der Waals surface area contributed by atoms with Crippen LogP contribution >= 0.6 is 12.2 Å². The number of H-pyrrole nitrogens is 1. The first kappa shape index (κ1) is 17.1. The molecule has 26 heavy (non-hydrogen) atoms. The fourth-order valence-corrected chi connectivity index (χ4v) is 4.05. The number of anilines is 1. The Morgan fingerprint density at radius 3 is 2.77 bits per heavy atom. The summed E-state index contributed by atoms with van der Waals surface area (Å²) in [7, 11) is 0. The quantitative estimate of drug-likeness (QED) is 0.564. The van der Waals surface area contributed by atoms with Gasteiger partial charge < -0.3 is 15.6 Å². The Labute approximate surface area is 160 Å². The molecule has 3 N–H and O–H groups in total. The molecule has 0 atom stereocenters. The average molecular weight is 364 g/mol. The molecule has 1 aliphatic rings. The van der Waals surface area contributed by atoms with Crippen molar-refractivity contribution >= 4 is 33.9 Å². The van der Waals surface area contributed by atoms with Gasteiger partial charge in [-0.25, -0.2) is 0 Å². The van der Waals surface area contributed by atoms with Crippen molar-refractivity contribution in [3.05, 3.63) is 64.3 Å². The van der Waals surface area contributed by atoms with Crippen LogP contribution in [0.2, 0.25) is 0 Å². The van der Waals surface area contributed by atoms with Crippen LogP contribution < -0.4 is 10.6 Å². The zero-order valence-corrected chi connectivity index (χ0v) is 16.2. The van der Waals surface area contributed by atoms with E-state index in [1.807, 2.05) is 0 Å². The summed E-state index contributed by atoms with van der Waals surface area (Å²) in [5.74, 6) is 0. The van der Waals surface area contributed by atoms with Crippen molar-refractivity contribution in [1.82, 2.24) is 10.3 Å². The molecule has 0 bridgehead atoms. The molecule has 4 heteroatoms. The van der Waals surface area contributed by atoms with Crippen LogP contribution in [0, 0.1) is 13.8 Å². The van der Waals surface area contributed by atoms with Crippen molar-refractivity contribution in [2.45, 2.75) is 46.1 Å². The highest BCUT2D eigenvalue weighted by molar-refractivity contribution is 7.80. The van der Waals surface area contributed by atoms with E-state index in [9.17, 15) is 0 Å². The highest BCUT2D eigenvalue weighted by Gasteiger charge is 2.15. The Kier molecular flexibility index (Phi) is 4.68. The van der Waals surface area contributed by atoms with E-state index in [4.69, 9.17) is 12.2 Å².